The summed E-state index contributed by atoms with van der Waals surface area (Å²) in [7, 11) is -4.10. The lowest BCUT2D eigenvalue weighted by Gasteiger charge is -2.47. The molecule has 328 valence electrons. The number of alkyl halides is 2. The molecule has 3 fully saturated rings. The molecule has 0 radical (unpaired) electrons. The summed E-state index contributed by atoms with van der Waals surface area (Å²) in [6.07, 6.45) is 4.87. The van der Waals surface area contributed by atoms with Crippen LogP contribution in [-0.4, -0.2) is 112 Å². The molecule has 1 aromatic heterocycles. The zero-order valence-electron chi connectivity index (χ0n) is 34.8. The molecule has 4 amide bonds. The molecular formula is C42H55F2N5O10S. The Morgan fingerprint density at radius 1 is 1.12 bits per heavy atom. The highest BCUT2D eigenvalue weighted by atomic mass is 32.2. The number of ether oxygens (including phenoxy) is 3. The number of aromatic nitrogens is 1. The van der Waals surface area contributed by atoms with Gasteiger partial charge < -0.3 is 29.5 Å². The van der Waals surface area contributed by atoms with Crippen molar-refractivity contribution in [2.75, 3.05) is 19.8 Å². The van der Waals surface area contributed by atoms with Gasteiger partial charge in [-0.25, -0.2) is 27.0 Å². The fourth-order valence-electron chi connectivity index (χ4n) is 8.84. The van der Waals surface area contributed by atoms with Gasteiger partial charge in [-0.15, -0.1) is 0 Å². The van der Waals surface area contributed by atoms with Crippen molar-refractivity contribution in [1.82, 2.24) is 24.8 Å². The Kier molecular flexibility index (Phi) is 11.3. The van der Waals surface area contributed by atoms with E-state index in [1.54, 1.807) is 38.1 Å². The number of fused-ring (bicyclic) bond motifs is 5. The van der Waals surface area contributed by atoms with Crippen molar-refractivity contribution < 1.29 is 55.7 Å². The summed E-state index contributed by atoms with van der Waals surface area (Å²) >= 11 is 0. The van der Waals surface area contributed by atoms with E-state index in [2.05, 4.69) is 15.0 Å². The zero-order valence-corrected chi connectivity index (χ0v) is 35.7. The van der Waals surface area contributed by atoms with Crippen LogP contribution in [0.1, 0.15) is 92.9 Å². The Bertz CT molecular complexity index is 2190. The van der Waals surface area contributed by atoms with Crippen molar-refractivity contribution in [3.63, 3.8) is 0 Å². The fraction of sp³-hybridized carbons (Fsp3) is 0.643. The minimum atomic E-state index is -4.10. The number of hydrogen-bond donors (Lipinski definition) is 3. The van der Waals surface area contributed by atoms with Crippen LogP contribution >= 0.6 is 0 Å². The van der Waals surface area contributed by atoms with E-state index >= 15 is 13.6 Å². The number of allylic oxidation sites excluding steroid dienone is 1. The van der Waals surface area contributed by atoms with Crippen LogP contribution in [0.4, 0.5) is 13.6 Å². The average molecular weight is 860 g/mol. The first-order valence-corrected chi connectivity index (χ1v) is 22.2. The summed E-state index contributed by atoms with van der Waals surface area (Å²) in [6.45, 7) is 8.46. The number of carbonyl (C=O) groups is 4. The second kappa shape index (κ2) is 15.6. The summed E-state index contributed by atoms with van der Waals surface area (Å²) in [4.78, 5) is 63.5. The second-order valence-corrected chi connectivity index (χ2v) is 20.2. The van der Waals surface area contributed by atoms with Crippen LogP contribution in [0.15, 0.2) is 36.5 Å². The molecule has 60 heavy (non-hydrogen) atoms. The highest BCUT2D eigenvalue weighted by molar-refractivity contribution is 7.91. The van der Waals surface area contributed by atoms with E-state index < -0.39 is 85.6 Å². The maximum absolute atomic E-state index is 15.5. The maximum Gasteiger partial charge on any atom is 0.408 e. The zero-order chi connectivity index (χ0) is 43.6. The van der Waals surface area contributed by atoms with Gasteiger partial charge in [-0.05, 0) is 89.3 Å². The number of hydrogen-bond acceptors (Lipinski definition) is 10. The van der Waals surface area contributed by atoms with Crippen LogP contribution < -0.4 is 24.2 Å². The lowest BCUT2D eigenvalue weighted by molar-refractivity contribution is -0.157. The molecule has 7 atom stereocenters. The number of carbonyl (C=O) groups excluding carboxylic acids is 3. The minimum absolute atomic E-state index is 0.0899. The van der Waals surface area contributed by atoms with Gasteiger partial charge in [-0.3, -0.25) is 24.0 Å². The third kappa shape index (κ3) is 7.83. The molecule has 0 spiro atoms. The molecular weight excluding hydrogens is 805 g/mol. The minimum Gasteiger partial charge on any atom is -0.486 e. The first-order valence-electron chi connectivity index (χ1n) is 20.7. The number of halogens is 2. The van der Waals surface area contributed by atoms with E-state index in [9.17, 15) is 27.9 Å². The molecule has 0 unspecified atom stereocenters. The van der Waals surface area contributed by atoms with E-state index in [4.69, 9.17) is 14.2 Å². The fourth-order valence-corrected chi connectivity index (χ4v) is 10.1. The lowest BCUT2D eigenvalue weighted by Crippen LogP contribution is -2.67. The van der Waals surface area contributed by atoms with Crippen LogP contribution in [0.2, 0.25) is 0 Å². The van der Waals surface area contributed by atoms with Gasteiger partial charge in [0.05, 0.1) is 11.3 Å². The molecule has 2 aromatic rings. The number of nitrogens with zero attached hydrogens (tertiary/aromatic N) is 3. The van der Waals surface area contributed by atoms with Gasteiger partial charge in [0.1, 0.15) is 42.5 Å². The number of benzene rings is 1. The van der Waals surface area contributed by atoms with Crippen LogP contribution in [0.5, 0.6) is 17.4 Å². The highest BCUT2D eigenvalue weighted by Crippen LogP contribution is 2.48. The van der Waals surface area contributed by atoms with Crippen LogP contribution in [0.25, 0.3) is 10.8 Å². The number of sulfonamides is 1. The number of amides is 4. The molecule has 4 heterocycles. The van der Waals surface area contributed by atoms with Crippen LogP contribution in [0, 0.1) is 17.8 Å². The monoisotopic (exact) mass is 859 g/mol. The first-order chi connectivity index (χ1) is 28.1. The quantitative estimate of drug-likeness (QED) is 0.273. The van der Waals surface area contributed by atoms with Crippen molar-refractivity contribution in [2.24, 2.45) is 17.8 Å². The third-order valence-corrected chi connectivity index (χ3v) is 15.6. The second-order valence-electron chi connectivity index (χ2n) is 18.0. The van der Waals surface area contributed by atoms with Crippen molar-refractivity contribution >= 4 is 44.6 Å². The van der Waals surface area contributed by atoms with E-state index in [-0.39, 0.29) is 37.6 Å². The molecule has 1 saturated heterocycles. The standard InChI is InChI=1S/C42H55F2N5O10S/c1-7-25-20-24(2)10-8-9-11-26-22-42(26,37(52)47-60(55,56)40(5)15-16-40)46-34(50)30-21-27(23-48(30)36(51)32(25)49(38(53)54)39(3,4)41(6,43)44)59-35-29-12-13-31-33(58-19-18-57-31)28(29)14-17-45-35/h9,11-14,17,24-27,30,32H,7-8,10,15-16,18-23H2,1-6H3,(H,46,50)(H,47,52)(H,53,54)/b11-9-/t24-,25+,26+,27+,30-,32-,42+/m0/s1. The molecule has 15 nitrogen and oxygen atoms in total. The van der Waals surface area contributed by atoms with E-state index in [0.717, 1.165) is 13.8 Å². The predicted octanol–water partition coefficient (Wildman–Crippen LogP) is 5.41. The smallest absolute Gasteiger partial charge is 0.408 e. The Morgan fingerprint density at radius 2 is 1.83 bits per heavy atom. The van der Waals surface area contributed by atoms with Gasteiger partial charge >= 0.3 is 6.09 Å². The first kappa shape index (κ1) is 43.4. The van der Waals surface area contributed by atoms with Gasteiger partial charge in [-0.2, -0.15) is 0 Å². The van der Waals surface area contributed by atoms with Crippen molar-refractivity contribution in [1.29, 1.82) is 0 Å². The Morgan fingerprint density at radius 3 is 2.50 bits per heavy atom. The number of carboxylic acid groups (broad SMARTS) is 1. The molecule has 18 heteroatoms. The molecule has 1 aromatic carbocycles. The summed E-state index contributed by atoms with van der Waals surface area (Å²) in [6, 6.07) is 2.16. The van der Waals surface area contributed by atoms with Gasteiger partial charge in [0.2, 0.25) is 27.7 Å². The predicted molar refractivity (Wildman–Crippen MR) is 215 cm³/mol. The summed E-state index contributed by atoms with van der Waals surface area (Å²) in [5.41, 5.74) is -4.05. The normalized spacial score (nSPS) is 29.8. The summed E-state index contributed by atoms with van der Waals surface area (Å²) in [5.74, 6) is -6.38. The molecule has 3 aliphatic heterocycles. The Labute approximate surface area is 348 Å². The van der Waals surface area contributed by atoms with Crippen molar-refractivity contribution in [3.05, 3.63) is 36.5 Å². The van der Waals surface area contributed by atoms with Gasteiger partial charge in [0, 0.05) is 36.2 Å². The molecule has 3 N–H and O–H groups in total. The third-order valence-electron chi connectivity index (χ3n) is 13.4. The maximum atomic E-state index is 15.5. The highest BCUT2D eigenvalue weighted by Gasteiger charge is 2.63. The molecule has 2 saturated carbocycles. The van der Waals surface area contributed by atoms with Crippen molar-refractivity contribution in [3.8, 4) is 17.4 Å². The topological polar surface area (TPSA) is 194 Å². The van der Waals surface area contributed by atoms with E-state index in [1.807, 2.05) is 13.0 Å². The molecule has 5 aliphatic rings. The Hall–Kier alpha value is -4.74. The summed E-state index contributed by atoms with van der Waals surface area (Å²) < 4.78 is 76.7. The largest absolute Gasteiger partial charge is 0.486 e. The molecule has 2 aliphatic carbocycles. The molecule has 7 rings (SSSR count). The van der Waals surface area contributed by atoms with Gasteiger partial charge in [0.25, 0.3) is 11.8 Å². The summed E-state index contributed by atoms with van der Waals surface area (Å²) in [5, 5.41) is 14.7. The SMILES string of the molecule is CC[C@@H]1C[C@@H](C)CC/C=C\[C@@H]2C[C@@]2(C(=O)NS(=O)(=O)C2(C)CC2)NC(=O)[C@@H]2C[C@@H](Oc3nccc4c5c(ccc34)OCCO5)CN2C(=O)[C@H]1N(C(=O)O)C(C)(C)C(C)(F)F. The number of rotatable bonds is 9. The number of nitrogens with one attached hydrogen (secondary N) is 2. The van der Waals surface area contributed by atoms with Gasteiger partial charge in [0.15, 0.2) is 11.5 Å². The Balaban J connectivity index is 1.30. The van der Waals surface area contributed by atoms with E-state index in [1.165, 1.54) is 11.1 Å². The molecule has 0 bridgehead atoms. The lowest BCUT2D eigenvalue weighted by atomic mass is 9.81. The van der Waals surface area contributed by atoms with E-state index in [0.29, 0.717) is 79.4 Å². The average Bonchev–Trinajstić information content (AvgIpc) is 4.06. The number of pyridine rings is 1. The van der Waals surface area contributed by atoms with Crippen LogP contribution in [0.3, 0.4) is 0 Å². The van der Waals surface area contributed by atoms with Gasteiger partial charge in [-0.1, -0.05) is 32.4 Å². The van der Waals surface area contributed by atoms with Crippen molar-refractivity contribution in [2.45, 2.75) is 133 Å². The van der Waals surface area contributed by atoms with Crippen LogP contribution in [-0.2, 0) is 24.4 Å².